The van der Waals surface area contributed by atoms with Crippen LogP contribution in [0.5, 0.6) is 0 Å². The Balaban J connectivity index is 2.19. The van der Waals surface area contributed by atoms with E-state index in [0.717, 1.165) is 0 Å². The molecule has 4 rings (SSSR count). The lowest BCUT2D eigenvalue weighted by molar-refractivity contribution is 0.590. The van der Waals surface area contributed by atoms with E-state index in [4.69, 9.17) is 0 Å². The van der Waals surface area contributed by atoms with Crippen molar-refractivity contribution < 1.29 is 0 Å². The van der Waals surface area contributed by atoms with E-state index < -0.39 is 0 Å². The minimum atomic E-state index is 0.111. The molecule has 0 saturated carbocycles. The molecule has 0 nitrogen and oxygen atoms in total. The van der Waals surface area contributed by atoms with E-state index in [9.17, 15) is 0 Å². The van der Waals surface area contributed by atoms with Crippen LogP contribution in [0.1, 0.15) is 52.7 Å². The monoisotopic (exact) mass is 444 g/mol. The van der Waals surface area contributed by atoms with Crippen LogP contribution < -0.4 is 0 Å². The van der Waals surface area contributed by atoms with E-state index in [1.807, 2.05) is 0 Å². The minimum absolute atomic E-state index is 0.111. The Bertz CT molecular complexity index is 1200. The van der Waals surface area contributed by atoms with Gasteiger partial charge in [-0.25, -0.2) is 0 Å². The highest BCUT2D eigenvalue weighted by Gasteiger charge is 2.20. The van der Waals surface area contributed by atoms with E-state index in [-0.39, 0.29) is 10.8 Å². The highest BCUT2D eigenvalue weighted by atomic mass is 79.9. The van der Waals surface area contributed by atoms with E-state index in [0.29, 0.717) is 0 Å². The second kappa shape index (κ2) is 6.99. The summed E-state index contributed by atoms with van der Waals surface area (Å²) in [6.45, 7) is 13.7. The minimum Gasteiger partial charge on any atom is -0.0622 e. The molecule has 29 heavy (non-hydrogen) atoms. The number of hydrogen-bond donors (Lipinski definition) is 0. The molecule has 0 aromatic heterocycles. The Morgan fingerprint density at radius 3 is 1.62 bits per heavy atom. The molecule has 0 spiro atoms. The summed E-state index contributed by atoms with van der Waals surface area (Å²) in [6.07, 6.45) is 0. The lowest BCUT2D eigenvalue weighted by Gasteiger charge is -2.23. The van der Waals surface area contributed by atoms with E-state index in [2.05, 4.69) is 124 Å². The molecular weight excluding hydrogens is 416 g/mol. The smallest absolute Gasteiger partial charge is 0.0332 e. The van der Waals surface area contributed by atoms with Crippen LogP contribution in [0, 0.1) is 0 Å². The van der Waals surface area contributed by atoms with Gasteiger partial charge in [-0.05, 0) is 82.7 Å². The first kappa shape index (κ1) is 20.2. The van der Waals surface area contributed by atoms with Crippen LogP contribution in [0.2, 0.25) is 0 Å². The summed E-state index contributed by atoms with van der Waals surface area (Å²) in [4.78, 5) is 0. The van der Waals surface area contributed by atoms with Crippen molar-refractivity contribution in [2.24, 2.45) is 0 Å². The van der Waals surface area contributed by atoms with Gasteiger partial charge in [-0.1, -0.05) is 96.1 Å². The van der Waals surface area contributed by atoms with E-state index in [1.165, 1.54) is 48.3 Å². The normalized spacial score (nSPS) is 12.7. The maximum atomic E-state index is 3.97. The molecule has 0 atom stereocenters. The van der Waals surface area contributed by atoms with Crippen molar-refractivity contribution in [2.45, 2.75) is 52.4 Å². The Hall–Kier alpha value is -2.12. The van der Waals surface area contributed by atoms with Crippen molar-refractivity contribution in [2.75, 3.05) is 0 Å². The lowest BCUT2D eigenvalue weighted by Crippen LogP contribution is -2.11. The SMILES string of the molecule is CC(C)(C)c1ccc2c(-c3ccccc3)c3cc(C(C)(C)C)ccc3c(Br)c2c1. The van der Waals surface area contributed by atoms with Gasteiger partial charge >= 0.3 is 0 Å². The van der Waals surface area contributed by atoms with Crippen molar-refractivity contribution in [3.05, 3.63) is 82.3 Å². The molecule has 0 radical (unpaired) electrons. The largest absolute Gasteiger partial charge is 0.0622 e. The summed E-state index contributed by atoms with van der Waals surface area (Å²) >= 11 is 3.97. The molecule has 0 N–H and O–H groups in total. The third-order valence-corrected chi connectivity index (χ3v) is 6.70. The van der Waals surface area contributed by atoms with Crippen molar-refractivity contribution in [3.63, 3.8) is 0 Å². The zero-order chi connectivity index (χ0) is 21.0. The van der Waals surface area contributed by atoms with Crippen molar-refractivity contribution in [1.82, 2.24) is 0 Å². The standard InChI is InChI=1S/C28H29Br/c1-27(2,3)19-13-15-22-23(16-19)25(18-10-8-7-9-11-18)21-14-12-20(28(4,5)6)17-24(21)26(22)29/h7-17H,1-6H3. The predicted octanol–water partition coefficient (Wildman–Crippen LogP) is 9.02. The average Bonchev–Trinajstić information content (AvgIpc) is 2.67. The molecule has 0 saturated heterocycles. The van der Waals surface area contributed by atoms with Crippen molar-refractivity contribution >= 4 is 37.5 Å². The van der Waals surface area contributed by atoms with Crippen LogP contribution in [0.15, 0.2) is 71.2 Å². The molecule has 0 heterocycles. The van der Waals surface area contributed by atoms with Crippen molar-refractivity contribution in [1.29, 1.82) is 0 Å². The first-order valence-electron chi connectivity index (χ1n) is 10.3. The summed E-state index contributed by atoms with van der Waals surface area (Å²) in [5.41, 5.74) is 5.54. The fourth-order valence-corrected chi connectivity index (χ4v) is 4.70. The summed E-state index contributed by atoms with van der Waals surface area (Å²) in [5, 5.41) is 5.17. The number of rotatable bonds is 1. The number of fused-ring (bicyclic) bond motifs is 2. The Morgan fingerprint density at radius 2 is 1.07 bits per heavy atom. The second-order valence-electron chi connectivity index (χ2n) is 10.1. The second-order valence-corrected chi connectivity index (χ2v) is 10.9. The van der Waals surface area contributed by atoms with Gasteiger partial charge in [-0.2, -0.15) is 0 Å². The fraction of sp³-hybridized carbons (Fsp3) is 0.286. The van der Waals surface area contributed by atoms with Gasteiger partial charge in [-0.15, -0.1) is 0 Å². The molecule has 148 valence electrons. The van der Waals surface area contributed by atoms with Crippen LogP contribution in [0.3, 0.4) is 0 Å². The van der Waals surface area contributed by atoms with Crippen LogP contribution in [0.25, 0.3) is 32.7 Å². The zero-order valence-corrected chi connectivity index (χ0v) is 19.8. The molecule has 4 aromatic carbocycles. The summed E-state index contributed by atoms with van der Waals surface area (Å²) in [7, 11) is 0. The maximum Gasteiger partial charge on any atom is 0.0332 e. The van der Waals surface area contributed by atoms with Gasteiger partial charge in [0.05, 0.1) is 0 Å². The van der Waals surface area contributed by atoms with E-state index >= 15 is 0 Å². The predicted molar refractivity (Wildman–Crippen MR) is 132 cm³/mol. The van der Waals surface area contributed by atoms with Gasteiger partial charge in [0.1, 0.15) is 0 Å². The van der Waals surface area contributed by atoms with Crippen LogP contribution in [-0.4, -0.2) is 0 Å². The molecule has 4 aromatic rings. The van der Waals surface area contributed by atoms with E-state index in [1.54, 1.807) is 0 Å². The topological polar surface area (TPSA) is 0 Å². The summed E-state index contributed by atoms with van der Waals surface area (Å²) < 4.78 is 1.19. The zero-order valence-electron chi connectivity index (χ0n) is 18.2. The highest BCUT2D eigenvalue weighted by Crippen LogP contribution is 2.44. The molecule has 0 aliphatic rings. The molecule has 0 aliphatic carbocycles. The van der Waals surface area contributed by atoms with Crippen LogP contribution >= 0.6 is 15.9 Å². The molecule has 0 amide bonds. The fourth-order valence-electron chi connectivity index (χ4n) is 4.03. The molecule has 0 bridgehead atoms. The van der Waals surface area contributed by atoms with Crippen LogP contribution in [0.4, 0.5) is 0 Å². The molecular formula is C28H29Br. The van der Waals surface area contributed by atoms with Gasteiger partial charge in [0.15, 0.2) is 0 Å². The number of hydrogen-bond acceptors (Lipinski definition) is 0. The molecule has 0 aliphatic heterocycles. The van der Waals surface area contributed by atoms with Gasteiger partial charge in [0.25, 0.3) is 0 Å². The molecule has 1 heteroatoms. The molecule has 0 unspecified atom stereocenters. The maximum absolute atomic E-state index is 3.97. The summed E-state index contributed by atoms with van der Waals surface area (Å²) in [5.74, 6) is 0. The van der Waals surface area contributed by atoms with Gasteiger partial charge in [0, 0.05) is 4.47 Å². The molecule has 0 fully saturated rings. The third-order valence-electron chi connectivity index (χ3n) is 5.85. The van der Waals surface area contributed by atoms with Crippen LogP contribution in [-0.2, 0) is 10.8 Å². The average molecular weight is 445 g/mol. The Kier molecular flexibility index (Phi) is 4.86. The lowest BCUT2D eigenvalue weighted by atomic mass is 9.82. The van der Waals surface area contributed by atoms with Gasteiger partial charge < -0.3 is 0 Å². The first-order chi connectivity index (χ1) is 13.6. The highest BCUT2D eigenvalue weighted by molar-refractivity contribution is 9.10. The Morgan fingerprint density at radius 1 is 0.552 bits per heavy atom. The van der Waals surface area contributed by atoms with Crippen molar-refractivity contribution in [3.8, 4) is 11.1 Å². The third kappa shape index (κ3) is 3.62. The summed E-state index contributed by atoms with van der Waals surface area (Å²) in [6, 6.07) is 24.7. The first-order valence-corrected chi connectivity index (χ1v) is 11.1. The number of benzene rings is 4. The van der Waals surface area contributed by atoms with Gasteiger partial charge in [0.2, 0.25) is 0 Å². The quantitative estimate of drug-likeness (QED) is 0.256. The van der Waals surface area contributed by atoms with Gasteiger partial charge in [-0.3, -0.25) is 0 Å². The number of halogens is 1. The Labute approximate surface area is 183 Å².